The van der Waals surface area contributed by atoms with Crippen molar-refractivity contribution < 1.29 is 14.6 Å². The second kappa shape index (κ2) is 5.98. The van der Waals surface area contributed by atoms with Crippen LogP contribution in [0.4, 0.5) is 4.79 Å². The summed E-state index contributed by atoms with van der Waals surface area (Å²) >= 11 is 0. The number of aromatic nitrogens is 1. The molecule has 5 nitrogen and oxygen atoms in total. The number of ether oxygens (including phenoxy) is 1. The maximum absolute atomic E-state index is 11.0. The first-order chi connectivity index (χ1) is 7.22. The van der Waals surface area contributed by atoms with Gasteiger partial charge < -0.3 is 15.2 Å². The van der Waals surface area contributed by atoms with E-state index in [1.807, 2.05) is 25.1 Å². The number of aliphatic hydroxyl groups is 1. The van der Waals surface area contributed by atoms with Crippen LogP contribution in [0.25, 0.3) is 0 Å². The van der Waals surface area contributed by atoms with Crippen LogP contribution in [0.5, 0.6) is 0 Å². The van der Waals surface area contributed by atoms with E-state index in [0.29, 0.717) is 6.54 Å². The molecule has 1 aromatic rings. The lowest BCUT2D eigenvalue weighted by Crippen LogP contribution is -2.25. The number of amides is 1. The zero-order valence-corrected chi connectivity index (χ0v) is 8.56. The van der Waals surface area contributed by atoms with Gasteiger partial charge >= 0.3 is 6.09 Å². The van der Waals surface area contributed by atoms with E-state index >= 15 is 0 Å². The summed E-state index contributed by atoms with van der Waals surface area (Å²) in [6.45, 7) is 2.04. The third-order valence-corrected chi connectivity index (χ3v) is 1.68. The molecule has 0 aliphatic heterocycles. The Hall–Kier alpha value is -1.62. The molecular formula is C10H14N2O3. The minimum atomic E-state index is -0.549. The highest BCUT2D eigenvalue weighted by Crippen LogP contribution is 1.97. The third kappa shape index (κ3) is 4.42. The molecule has 0 fully saturated rings. The first kappa shape index (κ1) is 11.5. The molecule has 0 saturated carbocycles. The van der Waals surface area contributed by atoms with Gasteiger partial charge in [0.2, 0.25) is 0 Å². The standard InChI is InChI=1S/C10H14N2O3/c1-8-3-2-4-9(12-8)7-11-10(14)15-6-5-13/h2-4,13H,5-7H2,1H3,(H,11,14). The summed E-state index contributed by atoms with van der Waals surface area (Å²) in [5, 5.41) is 10.9. The lowest BCUT2D eigenvalue weighted by Gasteiger charge is -2.05. The van der Waals surface area contributed by atoms with Crippen LogP contribution >= 0.6 is 0 Å². The number of hydrogen-bond donors (Lipinski definition) is 2. The molecule has 0 radical (unpaired) electrons. The Balaban J connectivity index is 2.33. The molecule has 82 valence electrons. The number of nitrogens with one attached hydrogen (secondary N) is 1. The van der Waals surface area contributed by atoms with Crippen molar-refractivity contribution in [2.45, 2.75) is 13.5 Å². The monoisotopic (exact) mass is 210 g/mol. The molecule has 0 aliphatic carbocycles. The average Bonchev–Trinajstić information content (AvgIpc) is 2.23. The lowest BCUT2D eigenvalue weighted by atomic mass is 10.3. The summed E-state index contributed by atoms with van der Waals surface area (Å²) in [5.41, 5.74) is 1.67. The Bertz CT molecular complexity index is 328. The molecule has 0 saturated heterocycles. The minimum Gasteiger partial charge on any atom is -0.447 e. The number of carbonyl (C=O) groups is 1. The molecule has 1 rings (SSSR count). The Morgan fingerprint density at radius 2 is 2.40 bits per heavy atom. The summed E-state index contributed by atoms with van der Waals surface area (Å²) in [7, 11) is 0. The molecule has 1 aromatic heterocycles. The molecule has 0 aliphatic rings. The van der Waals surface area contributed by atoms with E-state index in [-0.39, 0.29) is 13.2 Å². The SMILES string of the molecule is Cc1cccc(CNC(=O)OCCO)n1. The maximum Gasteiger partial charge on any atom is 0.407 e. The normalized spacial score (nSPS) is 9.73. The van der Waals surface area contributed by atoms with Crippen molar-refractivity contribution >= 4 is 6.09 Å². The first-order valence-electron chi connectivity index (χ1n) is 4.66. The van der Waals surface area contributed by atoms with Gasteiger partial charge in [-0.2, -0.15) is 0 Å². The molecule has 1 amide bonds. The van der Waals surface area contributed by atoms with E-state index in [2.05, 4.69) is 15.0 Å². The van der Waals surface area contributed by atoms with Crippen molar-refractivity contribution in [3.8, 4) is 0 Å². The zero-order chi connectivity index (χ0) is 11.1. The van der Waals surface area contributed by atoms with Gasteiger partial charge in [0, 0.05) is 5.69 Å². The molecule has 0 aromatic carbocycles. The number of aryl methyl sites for hydroxylation is 1. The van der Waals surface area contributed by atoms with E-state index < -0.39 is 6.09 Å². The van der Waals surface area contributed by atoms with Crippen LogP contribution in [0.15, 0.2) is 18.2 Å². The van der Waals surface area contributed by atoms with E-state index in [1.54, 1.807) is 0 Å². The summed E-state index contributed by atoms with van der Waals surface area (Å²) in [6, 6.07) is 5.57. The van der Waals surface area contributed by atoms with Gasteiger partial charge in [-0.15, -0.1) is 0 Å². The largest absolute Gasteiger partial charge is 0.447 e. The van der Waals surface area contributed by atoms with Crippen LogP contribution in [0, 0.1) is 6.92 Å². The van der Waals surface area contributed by atoms with Crippen LogP contribution in [0.3, 0.4) is 0 Å². The molecule has 5 heteroatoms. The summed E-state index contributed by atoms with van der Waals surface area (Å²) in [4.78, 5) is 15.2. The van der Waals surface area contributed by atoms with E-state index in [4.69, 9.17) is 5.11 Å². The van der Waals surface area contributed by atoms with E-state index in [1.165, 1.54) is 0 Å². The fourth-order valence-electron chi connectivity index (χ4n) is 1.05. The van der Waals surface area contributed by atoms with Crippen molar-refractivity contribution in [3.05, 3.63) is 29.6 Å². The van der Waals surface area contributed by atoms with Crippen LogP contribution in [0.1, 0.15) is 11.4 Å². The highest BCUT2D eigenvalue weighted by Gasteiger charge is 2.01. The van der Waals surface area contributed by atoms with E-state index in [9.17, 15) is 4.79 Å². The number of aliphatic hydroxyl groups excluding tert-OH is 1. The van der Waals surface area contributed by atoms with Crippen molar-refractivity contribution in [2.24, 2.45) is 0 Å². The molecule has 0 spiro atoms. The number of alkyl carbamates (subject to hydrolysis) is 1. The Kier molecular flexibility index (Phi) is 4.56. The number of hydrogen-bond acceptors (Lipinski definition) is 4. The Labute approximate surface area is 88.1 Å². The summed E-state index contributed by atoms with van der Waals surface area (Å²) < 4.78 is 4.62. The number of pyridine rings is 1. The summed E-state index contributed by atoms with van der Waals surface area (Å²) in [6.07, 6.45) is -0.549. The van der Waals surface area contributed by atoms with Crippen molar-refractivity contribution in [1.82, 2.24) is 10.3 Å². The highest BCUT2D eigenvalue weighted by molar-refractivity contribution is 5.67. The fourth-order valence-corrected chi connectivity index (χ4v) is 1.05. The van der Waals surface area contributed by atoms with Gasteiger partial charge in [-0.1, -0.05) is 6.07 Å². The number of rotatable bonds is 4. The third-order valence-electron chi connectivity index (χ3n) is 1.68. The van der Waals surface area contributed by atoms with E-state index in [0.717, 1.165) is 11.4 Å². The average molecular weight is 210 g/mol. The minimum absolute atomic E-state index is 0.00702. The second-order valence-electron chi connectivity index (χ2n) is 2.98. The van der Waals surface area contributed by atoms with Gasteiger partial charge in [0.25, 0.3) is 0 Å². The zero-order valence-electron chi connectivity index (χ0n) is 8.56. The molecule has 2 N–H and O–H groups in total. The van der Waals surface area contributed by atoms with Gasteiger partial charge in [-0.25, -0.2) is 4.79 Å². The maximum atomic E-state index is 11.0. The van der Waals surface area contributed by atoms with Crippen molar-refractivity contribution in [1.29, 1.82) is 0 Å². The molecule has 0 bridgehead atoms. The quantitative estimate of drug-likeness (QED) is 0.763. The molecule has 0 unspecified atom stereocenters. The Morgan fingerprint density at radius 1 is 1.60 bits per heavy atom. The molecular weight excluding hydrogens is 196 g/mol. The summed E-state index contributed by atoms with van der Waals surface area (Å²) in [5.74, 6) is 0. The predicted molar refractivity (Wildman–Crippen MR) is 54.2 cm³/mol. The first-order valence-corrected chi connectivity index (χ1v) is 4.66. The van der Waals surface area contributed by atoms with Gasteiger partial charge in [0.15, 0.2) is 0 Å². The van der Waals surface area contributed by atoms with Crippen LogP contribution in [-0.4, -0.2) is 29.4 Å². The fraction of sp³-hybridized carbons (Fsp3) is 0.400. The number of nitrogens with zero attached hydrogens (tertiary/aromatic N) is 1. The van der Waals surface area contributed by atoms with Crippen LogP contribution in [-0.2, 0) is 11.3 Å². The smallest absolute Gasteiger partial charge is 0.407 e. The predicted octanol–water partition coefficient (Wildman–Crippen LogP) is 0.609. The highest BCUT2D eigenvalue weighted by atomic mass is 16.6. The Morgan fingerprint density at radius 3 is 3.07 bits per heavy atom. The molecule has 1 heterocycles. The van der Waals surface area contributed by atoms with Crippen LogP contribution in [0.2, 0.25) is 0 Å². The topological polar surface area (TPSA) is 71.5 Å². The van der Waals surface area contributed by atoms with Crippen molar-refractivity contribution in [3.63, 3.8) is 0 Å². The molecule has 0 atom stereocenters. The van der Waals surface area contributed by atoms with Crippen LogP contribution < -0.4 is 5.32 Å². The van der Waals surface area contributed by atoms with Gasteiger partial charge in [-0.05, 0) is 19.1 Å². The van der Waals surface area contributed by atoms with Gasteiger partial charge in [0.1, 0.15) is 6.61 Å². The number of carbonyl (C=O) groups excluding carboxylic acids is 1. The lowest BCUT2D eigenvalue weighted by molar-refractivity contribution is 0.118. The van der Waals surface area contributed by atoms with Gasteiger partial charge in [-0.3, -0.25) is 4.98 Å². The molecule has 15 heavy (non-hydrogen) atoms. The van der Waals surface area contributed by atoms with Crippen molar-refractivity contribution in [2.75, 3.05) is 13.2 Å². The second-order valence-corrected chi connectivity index (χ2v) is 2.98. The van der Waals surface area contributed by atoms with Gasteiger partial charge in [0.05, 0.1) is 18.8 Å².